The molecule has 31 heavy (non-hydrogen) atoms. The SMILES string of the molecule is CCCCCCCCCCCC(CCc1ccc(OCc2ccccc2)cc1)C(=O)O. The molecule has 0 aliphatic rings. The monoisotopic (exact) mass is 424 g/mol. The van der Waals surface area contributed by atoms with E-state index in [0.717, 1.165) is 37.0 Å². The van der Waals surface area contributed by atoms with Crippen LogP contribution < -0.4 is 4.74 Å². The van der Waals surface area contributed by atoms with Gasteiger partial charge in [0.2, 0.25) is 0 Å². The lowest BCUT2D eigenvalue weighted by molar-refractivity contribution is -0.142. The Kier molecular flexibility index (Phi) is 12.5. The second-order valence-electron chi connectivity index (χ2n) is 8.61. The largest absolute Gasteiger partial charge is 0.489 e. The molecule has 3 nitrogen and oxygen atoms in total. The van der Waals surface area contributed by atoms with Crippen LogP contribution in [0.1, 0.15) is 88.7 Å². The lowest BCUT2D eigenvalue weighted by Gasteiger charge is -2.13. The van der Waals surface area contributed by atoms with E-state index in [1.165, 1.54) is 50.5 Å². The van der Waals surface area contributed by atoms with Gasteiger partial charge in [0.15, 0.2) is 0 Å². The Morgan fingerprint density at radius 3 is 2.00 bits per heavy atom. The minimum Gasteiger partial charge on any atom is -0.489 e. The molecule has 0 saturated heterocycles. The van der Waals surface area contributed by atoms with E-state index in [-0.39, 0.29) is 5.92 Å². The Bertz CT molecular complexity index is 709. The molecule has 0 heterocycles. The number of aryl methyl sites for hydroxylation is 1. The number of carboxylic acid groups (broad SMARTS) is 1. The van der Waals surface area contributed by atoms with E-state index < -0.39 is 5.97 Å². The lowest BCUT2D eigenvalue weighted by Crippen LogP contribution is -2.14. The highest BCUT2D eigenvalue weighted by molar-refractivity contribution is 5.69. The molecule has 2 aromatic carbocycles. The van der Waals surface area contributed by atoms with Crippen LogP contribution in [0.4, 0.5) is 0 Å². The molecule has 1 unspecified atom stereocenters. The number of ether oxygens (including phenoxy) is 1. The summed E-state index contributed by atoms with van der Waals surface area (Å²) < 4.78 is 5.83. The molecule has 0 aliphatic carbocycles. The van der Waals surface area contributed by atoms with Gasteiger partial charge < -0.3 is 9.84 Å². The first kappa shape index (κ1) is 25.0. The predicted molar refractivity (Wildman–Crippen MR) is 129 cm³/mol. The maximum Gasteiger partial charge on any atom is 0.306 e. The van der Waals surface area contributed by atoms with Crippen molar-refractivity contribution < 1.29 is 14.6 Å². The van der Waals surface area contributed by atoms with Crippen LogP contribution in [0.15, 0.2) is 54.6 Å². The topological polar surface area (TPSA) is 46.5 Å². The first-order chi connectivity index (χ1) is 15.2. The van der Waals surface area contributed by atoms with E-state index in [1.54, 1.807) is 0 Å². The Labute approximate surface area is 188 Å². The summed E-state index contributed by atoms with van der Waals surface area (Å²) in [6.07, 6.45) is 13.7. The smallest absolute Gasteiger partial charge is 0.306 e. The summed E-state index contributed by atoms with van der Waals surface area (Å²) in [6.45, 7) is 2.80. The molecule has 0 amide bonds. The summed E-state index contributed by atoms with van der Waals surface area (Å²) in [6, 6.07) is 18.2. The van der Waals surface area contributed by atoms with Crippen LogP contribution in [0.2, 0.25) is 0 Å². The molecular formula is C28H40O3. The summed E-state index contributed by atoms with van der Waals surface area (Å²) in [5, 5.41) is 9.58. The van der Waals surface area contributed by atoms with Gasteiger partial charge in [-0.3, -0.25) is 4.79 Å². The first-order valence-electron chi connectivity index (χ1n) is 12.2. The van der Waals surface area contributed by atoms with Gasteiger partial charge in [0.05, 0.1) is 5.92 Å². The van der Waals surface area contributed by atoms with Gasteiger partial charge in [-0.2, -0.15) is 0 Å². The summed E-state index contributed by atoms with van der Waals surface area (Å²) in [7, 11) is 0. The number of hydrogen-bond donors (Lipinski definition) is 1. The molecule has 2 rings (SSSR count). The molecule has 0 spiro atoms. The summed E-state index contributed by atoms with van der Waals surface area (Å²) in [5.41, 5.74) is 2.32. The molecule has 0 bridgehead atoms. The second kappa shape index (κ2) is 15.5. The van der Waals surface area contributed by atoms with Crippen molar-refractivity contribution in [2.24, 2.45) is 5.92 Å². The number of rotatable bonds is 17. The van der Waals surface area contributed by atoms with Gasteiger partial charge in [-0.05, 0) is 42.5 Å². The lowest BCUT2D eigenvalue weighted by atomic mass is 9.93. The molecule has 1 atom stereocenters. The molecule has 0 aliphatic heterocycles. The zero-order valence-corrected chi connectivity index (χ0v) is 19.2. The fourth-order valence-corrected chi connectivity index (χ4v) is 3.93. The highest BCUT2D eigenvalue weighted by atomic mass is 16.5. The zero-order valence-electron chi connectivity index (χ0n) is 19.2. The van der Waals surface area contributed by atoms with Crippen molar-refractivity contribution in [1.29, 1.82) is 0 Å². The molecule has 3 heteroatoms. The maximum atomic E-state index is 11.6. The van der Waals surface area contributed by atoms with Crippen LogP contribution in [0.5, 0.6) is 5.75 Å². The Morgan fingerprint density at radius 1 is 0.774 bits per heavy atom. The molecule has 1 N–H and O–H groups in total. The van der Waals surface area contributed by atoms with Crippen molar-refractivity contribution >= 4 is 5.97 Å². The molecule has 0 fully saturated rings. The van der Waals surface area contributed by atoms with Gasteiger partial charge in [0, 0.05) is 0 Å². The average molecular weight is 425 g/mol. The van der Waals surface area contributed by atoms with Crippen molar-refractivity contribution in [1.82, 2.24) is 0 Å². The van der Waals surface area contributed by atoms with Crippen LogP contribution in [0.25, 0.3) is 0 Å². The van der Waals surface area contributed by atoms with Crippen LogP contribution in [-0.2, 0) is 17.8 Å². The van der Waals surface area contributed by atoms with E-state index in [1.807, 2.05) is 42.5 Å². The highest BCUT2D eigenvalue weighted by Gasteiger charge is 2.16. The van der Waals surface area contributed by atoms with Crippen molar-refractivity contribution in [2.45, 2.75) is 90.6 Å². The van der Waals surface area contributed by atoms with E-state index in [9.17, 15) is 9.90 Å². The molecule has 0 radical (unpaired) electrons. The predicted octanol–water partition coefficient (Wildman–Crippen LogP) is 7.82. The van der Waals surface area contributed by atoms with Crippen LogP contribution in [-0.4, -0.2) is 11.1 Å². The van der Waals surface area contributed by atoms with E-state index in [4.69, 9.17) is 4.74 Å². The van der Waals surface area contributed by atoms with E-state index in [0.29, 0.717) is 13.0 Å². The third kappa shape index (κ3) is 11.1. The third-order valence-corrected chi connectivity index (χ3v) is 5.96. The van der Waals surface area contributed by atoms with Gasteiger partial charge in [0.1, 0.15) is 12.4 Å². The highest BCUT2D eigenvalue weighted by Crippen LogP contribution is 2.20. The van der Waals surface area contributed by atoms with Crippen molar-refractivity contribution in [3.63, 3.8) is 0 Å². The Hall–Kier alpha value is -2.29. The maximum absolute atomic E-state index is 11.6. The van der Waals surface area contributed by atoms with Gasteiger partial charge in [0.25, 0.3) is 0 Å². The van der Waals surface area contributed by atoms with Gasteiger partial charge in [-0.1, -0.05) is 107 Å². The van der Waals surface area contributed by atoms with Gasteiger partial charge >= 0.3 is 5.97 Å². The standard InChI is InChI=1S/C28H40O3/c1-2-3-4-5-6-7-8-9-13-16-26(28(29)30)20-17-24-18-21-27(22-19-24)31-23-25-14-11-10-12-15-25/h10-12,14-15,18-19,21-22,26H,2-9,13,16-17,20,23H2,1H3,(H,29,30). The fraction of sp³-hybridized carbons (Fsp3) is 0.536. The van der Waals surface area contributed by atoms with Crippen molar-refractivity contribution in [3.05, 3.63) is 65.7 Å². The number of carbonyl (C=O) groups is 1. The normalized spacial score (nSPS) is 11.9. The minimum atomic E-state index is -0.651. The molecular weight excluding hydrogens is 384 g/mol. The first-order valence-corrected chi connectivity index (χ1v) is 12.2. The third-order valence-electron chi connectivity index (χ3n) is 5.96. The molecule has 0 aromatic heterocycles. The van der Waals surface area contributed by atoms with E-state index in [2.05, 4.69) is 19.1 Å². The van der Waals surface area contributed by atoms with Gasteiger partial charge in [-0.25, -0.2) is 0 Å². The zero-order chi connectivity index (χ0) is 22.2. The minimum absolute atomic E-state index is 0.237. The van der Waals surface area contributed by atoms with Crippen molar-refractivity contribution in [2.75, 3.05) is 0 Å². The van der Waals surface area contributed by atoms with Crippen LogP contribution >= 0.6 is 0 Å². The van der Waals surface area contributed by atoms with Crippen LogP contribution in [0, 0.1) is 5.92 Å². The molecule has 2 aromatic rings. The number of benzene rings is 2. The molecule has 170 valence electrons. The fourth-order valence-electron chi connectivity index (χ4n) is 3.93. The Balaban J connectivity index is 1.62. The summed E-state index contributed by atoms with van der Waals surface area (Å²) in [4.78, 5) is 11.6. The quantitative estimate of drug-likeness (QED) is 0.263. The average Bonchev–Trinajstić information content (AvgIpc) is 2.79. The Morgan fingerprint density at radius 2 is 1.39 bits per heavy atom. The number of unbranched alkanes of at least 4 members (excludes halogenated alkanes) is 8. The number of aliphatic carboxylic acids is 1. The number of carboxylic acids is 1. The number of hydrogen-bond acceptors (Lipinski definition) is 2. The van der Waals surface area contributed by atoms with E-state index >= 15 is 0 Å². The molecule has 0 saturated carbocycles. The van der Waals surface area contributed by atoms with Gasteiger partial charge in [-0.15, -0.1) is 0 Å². The summed E-state index contributed by atoms with van der Waals surface area (Å²) >= 11 is 0. The second-order valence-corrected chi connectivity index (χ2v) is 8.61. The van der Waals surface area contributed by atoms with Crippen LogP contribution in [0.3, 0.4) is 0 Å². The van der Waals surface area contributed by atoms with Crippen molar-refractivity contribution in [3.8, 4) is 5.75 Å². The summed E-state index contributed by atoms with van der Waals surface area (Å²) in [5.74, 6) is -0.0435.